The molecule has 0 aliphatic carbocycles. The Kier molecular flexibility index (Phi) is 3.23. The summed E-state index contributed by atoms with van der Waals surface area (Å²) in [6.07, 6.45) is 2.25. The summed E-state index contributed by atoms with van der Waals surface area (Å²) >= 11 is 7.48. The molecular formula is C8H8S4. The van der Waals surface area contributed by atoms with Crippen molar-refractivity contribution in [2.75, 3.05) is 0 Å². The average Bonchev–Trinajstić information content (AvgIpc) is 2.56. The Balaban J connectivity index is 2.14. The van der Waals surface area contributed by atoms with Gasteiger partial charge in [0.05, 0.1) is 8.47 Å². The van der Waals surface area contributed by atoms with Gasteiger partial charge in [0.25, 0.3) is 0 Å². The second kappa shape index (κ2) is 4.22. The molecule has 0 bridgehead atoms. The van der Waals surface area contributed by atoms with E-state index in [4.69, 9.17) is 0 Å². The van der Waals surface area contributed by atoms with E-state index in [2.05, 4.69) is 29.2 Å². The fourth-order valence-electron chi connectivity index (χ4n) is 0.847. The first-order valence-electron chi connectivity index (χ1n) is 3.59. The summed E-state index contributed by atoms with van der Waals surface area (Å²) in [6.45, 7) is 2.24. The van der Waals surface area contributed by atoms with Crippen molar-refractivity contribution in [1.29, 1.82) is 0 Å². The molecule has 2 heterocycles. The molecule has 2 aliphatic rings. The predicted octanol–water partition coefficient (Wildman–Crippen LogP) is 4.45. The Bertz CT molecular complexity index is 254. The molecule has 0 spiro atoms. The smallest absolute Gasteiger partial charge is 0.0691 e. The highest BCUT2D eigenvalue weighted by Gasteiger charge is 2.15. The van der Waals surface area contributed by atoms with E-state index in [1.165, 1.54) is 8.47 Å². The fraction of sp³-hybridized carbons (Fsp3) is 0.250. The largest absolute Gasteiger partial charge is 0.110 e. The van der Waals surface area contributed by atoms with Crippen LogP contribution in [0.4, 0.5) is 0 Å². The lowest BCUT2D eigenvalue weighted by molar-refractivity contribution is 1.26. The van der Waals surface area contributed by atoms with Gasteiger partial charge in [-0.3, -0.25) is 0 Å². The molecule has 0 saturated carbocycles. The van der Waals surface area contributed by atoms with Crippen molar-refractivity contribution >= 4 is 47.0 Å². The summed E-state index contributed by atoms with van der Waals surface area (Å²) in [5.74, 6) is 0. The molecule has 0 nitrogen and oxygen atoms in total. The quantitative estimate of drug-likeness (QED) is 0.605. The van der Waals surface area contributed by atoms with Gasteiger partial charge in [0, 0.05) is 5.25 Å². The van der Waals surface area contributed by atoms with E-state index in [1.54, 1.807) is 0 Å². The fourth-order valence-corrected chi connectivity index (χ4v) is 5.51. The lowest BCUT2D eigenvalue weighted by Crippen LogP contribution is -1.93. The molecule has 0 aromatic rings. The lowest BCUT2D eigenvalue weighted by Gasteiger charge is -2.14. The van der Waals surface area contributed by atoms with Crippen molar-refractivity contribution < 1.29 is 0 Å². The number of hydrogen-bond donors (Lipinski definition) is 0. The Labute approximate surface area is 89.7 Å². The van der Waals surface area contributed by atoms with Gasteiger partial charge in [0.15, 0.2) is 0 Å². The standard InChI is InChI=1S/C8H8S4/c1-6-2-3-9-8(12-6)7-10-4-5-11-7/h2-6H,1H3. The van der Waals surface area contributed by atoms with Gasteiger partial charge in [-0.25, -0.2) is 0 Å². The maximum Gasteiger partial charge on any atom is 0.0691 e. The summed E-state index contributed by atoms with van der Waals surface area (Å²) in [6, 6.07) is 0. The zero-order chi connectivity index (χ0) is 8.39. The molecule has 2 rings (SSSR count). The van der Waals surface area contributed by atoms with Crippen molar-refractivity contribution in [2.45, 2.75) is 12.2 Å². The van der Waals surface area contributed by atoms with Gasteiger partial charge in [0.1, 0.15) is 0 Å². The van der Waals surface area contributed by atoms with Crippen LogP contribution in [-0.4, -0.2) is 5.25 Å². The summed E-state index contributed by atoms with van der Waals surface area (Å²) < 4.78 is 2.91. The Morgan fingerprint density at radius 2 is 1.67 bits per heavy atom. The first-order chi connectivity index (χ1) is 5.86. The minimum atomic E-state index is 0.635. The minimum absolute atomic E-state index is 0.635. The van der Waals surface area contributed by atoms with Gasteiger partial charge < -0.3 is 0 Å². The van der Waals surface area contributed by atoms with Crippen LogP contribution in [0.5, 0.6) is 0 Å². The van der Waals surface area contributed by atoms with Crippen LogP contribution in [0.2, 0.25) is 0 Å². The van der Waals surface area contributed by atoms with Crippen molar-refractivity contribution in [1.82, 2.24) is 0 Å². The first kappa shape index (κ1) is 9.19. The molecule has 0 amide bonds. The highest BCUT2D eigenvalue weighted by molar-refractivity contribution is 8.31. The Morgan fingerprint density at radius 3 is 2.33 bits per heavy atom. The third kappa shape index (κ3) is 2.10. The van der Waals surface area contributed by atoms with Crippen molar-refractivity contribution in [2.24, 2.45) is 0 Å². The first-order valence-corrected chi connectivity index (χ1v) is 7.11. The molecule has 0 N–H and O–H groups in total. The molecule has 0 saturated heterocycles. The molecule has 1 atom stereocenters. The molecule has 2 aliphatic heterocycles. The maximum absolute atomic E-state index is 2.25. The number of rotatable bonds is 0. The average molecular weight is 232 g/mol. The van der Waals surface area contributed by atoms with Crippen LogP contribution >= 0.6 is 47.0 Å². The highest BCUT2D eigenvalue weighted by atomic mass is 32.2. The number of hydrogen-bond acceptors (Lipinski definition) is 4. The van der Waals surface area contributed by atoms with Gasteiger partial charge in [-0.1, -0.05) is 41.4 Å². The number of thioether (sulfide) groups is 4. The van der Waals surface area contributed by atoms with Gasteiger partial charge in [-0.05, 0) is 23.1 Å². The zero-order valence-corrected chi connectivity index (χ0v) is 9.79. The van der Waals surface area contributed by atoms with E-state index in [1.807, 2.05) is 47.0 Å². The maximum atomic E-state index is 2.25. The monoisotopic (exact) mass is 232 g/mol. The van der Waals surface area contributed by atoms with E-state index in [9.17, 15) is 0 Å². The van der Waals surface area contributed by atoms with Crippen molar-refractivity contribution in [3.8, 4) is 0 Å². The SMILES string of the molecule is CC1C=CSC(=C2SC=CS2)S1. The van der Waals surface area contributed by atoms with E-state index in [0.717, 1.165) is 0 Å². The predicted molar refractivity (Wildman–Crippen MR) is 65.1 cm³/mol. The molecule has 4 heteroatoms. The van der Waals surface area contributed by atoms with Gasteiger partial charge in [-0.2, -0.15) is 0 Å². The molecule has 64 valence electrons. The Hall–Kier alpha value is 0.620. The van der Waals surface area contributed by atoms with Crippen LogP contribution in [0.1, 0.15) is 6.92 Å². The van der Waals surface area contributed by atoms with Gasteiger partial charge in [-0.15, -0.1) is 11.8 Å². The molecule has 0 aromatic heterocycles. The second-order valence-corrected chi connectivity index (χ2v) is 7.00. The summed E-state index contributed by atoms with van der Waals surface area (Å²) in [4.78, 5) is 0. The summed E-state index contributed by atoms with van der Waals surface area (Å²) in [5, 5.41) is 7.13. The topological polar surface area (TPSA) is 0 Å². The summed E-state index contributed by atoms with van der Waals surface area (Å²) in [7, 11) is 0. The van der Waals surface area contributed by atoms with Gasteiger partial charge in [0.2, 0.25) is 0 Å². The normalized spacial score (nSPS) is 28.6. The third-order valence-electron chi connectivity index (χ3n) is 1.39. The molecule has 0 radical (unpaired) electrons. The molecule has 1 unspecified atom stereocenters. The van der Waals surface area contributed by atoms with Crippen LogP contribution < -0.4 is 0 Å². The molecular weight excluding hydrogens is 224 g/mol. The molecule has 0 fully saturated rings. The van der Waals surface area contributed by atoms with E-state index >= 15 is 0 Å². The van der Waals surface area contributed by atoms with E-state index < -0.39 is 0 Å². The van der Waals surface area contributed by atoms with E-state index in [-0.39, 0.29) is 0 Å². The zero-order valence-electron chi connectivity index (χ0n) is 6.52. The van der Waals surface area contributed by atoms with Crippen LogP contribution in [0.3, 0.4) is 0 Å². The van der Waals surface area contributed by atoms with Crippen LogP contribution in [0.15, 0.2) is 30.8 Å². The van der Waals surface area contributed by atoms with Crippen LogP contribution in [0, 0.1) is 0 Å². The Morgan fingerprint density at radius 1 is 1.00 bits per heavy atom. The highest BCUT2D eigenvalue weighted by Crippen LogP contribution is 2.49. The second-order valence-electron chi connectivity index (χ2n) is 2.35. The van der Waals surface area contributed by atoms with Crippen molar-refractivity contribution in [3.63, 3.8) is 0 Å². The lowest BCUT2D eigenvalue weighted by atomic mass is 10.5. The van der Waals surface area contributed by atoms with Crippen LogP contribution in [-0.2, 0) is 0 Å². The summed E-state index contributed by atoms with van der Waals surface area (Å²) in [5.41, 5.74) is 0. The van der Waals surface area contributed by atoms with Crippen molar-refractivity contribution in [3.05, 3.63) is 30.8 Å². The molecule has 0 aromatic carbocycles. The van der Waals surface area contributed by atoms with Gasteiger partial charge >= 0.3 is 0 Å². The molecule has 12 heavy (non-hydrogen) atoms. The van der Waals surface area contributed by atoms with E-state index in [0.29, 0.717) is 5.25 Å². The third-order valence-corrected chi connectivity index (χ3v) is 6.27. The van der Waals surface area contributed by atoms with Crippen LogP contribution in [0.25, 0.3) is 0 Å². The minimum Gasteiger partial charge on any atom is -0.110 e.